The van der Waals surface area contributed by atoms with Gasteiger partial charge in [0.15, 0.2) is 0 Å². The maximum atomic E-state index is 13.3. The van der Waals surface area contributed by atoms with Crippen LogP contribution in [0.5, 0.6) is 0 Å². The van der Waals surface area contributed by atoms with Crippen LogP contribution in [0.1, 0.15) is 5.56 Å². The fourth-order valence-corrected chi connectivity index (χ4v) is 2.02. The summed E-state index contributed by atoms with van der Waals surface area (Å²) < 4.78 is 26.2. The van der Waals surface area contributed by atoms with Crippen molar-refractivity contribution in [1.82, 2.24) is 5.32 Å². The Hall–Kier alpha value is -1.94. The van der Waals surface area contributed by atoms with Gasteiger partial charge in [0, 0.05) is 25.0 Å². The molecule has 0 aliphatic heterocycles. The quantitative estimate of drug-likeness (QED) is 0.907. The molecular formula is C15H16F2N2. The van der Waals surface area contributed by atoms with Gasteiger partial charge in [-0.2, -0.15) is 0 Å². The molecule has 2 rings (SSSR count). The molecule has 0 unspecified atom stereocenters. The smallest absolute Gasteiger partial charge is 0.123 e. The maximum Gasteiger partial charge on any atom is 0.123 e. The molecule has 2 aromatic carbocycles. The van der Waals surface area contributed by atoms with E-state index in [2.05, 4.69) is 5.32 Å². The molecule has 2 aromatic rings. The highest BCUT2D eigenvalue weighted by Crippen LogP contribution is 2.27. The Bertz CT molecular complexity index is 553. The van der Waals surface area contributed by atoms with Gasteiger partial charge in [-0.3, -0.25) is 0 Å². The van der Waals surface area contributed by atoms with Gasteiger partial charge in [0.05, 0.1) is 0 Å². The number of rotatable bonds is 4. The molecule has 19 heavy (non-hydrogen) atoms. The van der Waals surface area contributed by atoms with Gasteiger partial charge in [-0.15, -0.1) is 0 Å². The van der Waals surface area contributed by atoms with Crippen LogP contribution in [0.15, 0.2) is 42.5 Å². The Balaban J connectivity index is 2.37. The summed E-state index contributed by atoms with van der Waals surface area (Å²) in [5.74, 6) is -0.534. The average molecular weight is 262 g/mol. The van der Waals surface area contributed by atoms with Crippen molar-refractivity contribution < 1.29 is 8.78 Å². The lowest BCUT2D eigenvalue weighted by Gasteiger charge is -2.22. The maximum absolute atomic E-state index is 13.3. The summed E-state index contributed by atoms with van der Waals surface area (Å²) >= 11 is 0. The lowest BCUT2D eigenvalue weighted by Crippen LogP contribution is -2.15. The predicted molar refractivity (Wildman–Crippen MR) is 73.6 cm³/mol. The van der Waals surface area contributed by atoms with Crippen LogP contribution < -0.4 is 10.2 Å². The van der Waals surface area contributed by atoms with Crippen LogP contribution in [0.25, 0.3) is 0 Å². The minimum Gasteiger partial charge on any atom is -0.344 e. The van der Waals surface area contributed by atoms with E-state index in [-0.39, 0.29) is 11.6 Å². The number of anilines is 2. The van der Waals surface area contributed by atoms with Gasteiger partial charge in [0.1, 0.15) is 11.6 Å². The van der Waals surface area contributed by atoms with Gasteiger partial charge in [-0.1, -0.05) is 0 Å². The number of halogens is 2. The normalized spacial score (nSPS) is 10.5. The van der Waals surface area contributed by atoms with E-state index in [0.717, 1.165) is 16.9 Å². The molecule has 4 heteroatoms. The third kappa shape index (κ3) is 3.09. The van der Waals surface area contributed by atoms with E-state index in [1.807, 2.05) is 19.0 Å². The Labute approximate surface area is 111 Å². The molecule has 0 spiro atoms. The summed E-state index contributed by atoms with van der Waals surface area (Å²) in [6, 6.07) is 10.9. The van der Waals surface area contributed by atoms with Crippen molar-refractivity contribution in [2.24, 2.45) is 0 Å². The fourth-order valence-electron chi connectivity index (χ4n) is 2.02. The largest absolute Gasteiger partial charge is 0.344 e. The van der Waals surface area contributed by atoms with Crippen molar-refractivity contribution in [3.8, 4) is 0 Å². The van der Waals surface area contributed by atoms with Crippen LogP contribution in [0.2, 0.25) is 0 Å². The standard InChI is InChI=1S/C15H16F2N2/c1-18-10-11-9-13(17)5-8-15(11)19(2)14-6-3-12(16)4-7-14/h3-9,18H,10H2,1-2H3. The summed E-state index contributed by atoms with van der Waals surface area (Å²) in [5.41, 5.74) is 2.60. The third-order valence-electron chi connectivity index (χ3n) is 2.98. The molecule has 0 aliphatic rings. The molecule has 0 saturated carbocycles. The molecule has 0 amide bonds. The molecule has 0 aliphatic carbocycles. The van der Waals surface area contributed by atoms with E-state index in [0.29, 0.717) is 6.54 Å². The predicted octanol–water partition coefficient (Wildman–Crippen LogP) is 3.45. The van der Waals surface area contributed by atoms with Crippen LogP contribution in [-0.2, 0) is 6.54 Å². The fraction of sp³-hybridized carbons (Fsp3) is 0.200. The molecule has 0 heterocycles. The Morgan fingerprint density at radius 2 is 1.63 bits per heavy atom. The van der Waals surface area contributed by atoms with Gasteiger partial charge in [-0.25, -0.2) is 8.78 Å². The van der Waals surface area contributed by atoms with Crippen molar-refractivity contribution in [2.75, 3.05) is 19.0 Å². The molecule has 0 fully saturated rings. The van der Waals surface area contributed by atoms with Crippen molar-refractivity contribution in [1.29, 1.82) is 0 Å². The molecular weight excluding hydrogens is 246 g/mol. The molecule has 2 nitrogen and oxygen atoms in total. The summed E-state index contributed by atoms with van der Waals surface area (Å²) in [6.45, 7) is 0.568. The van der Waals surface area contributed by atoms with Crippen LogP contribution >= 0.6 is 0 Å². The van der Waals surface area contributed by atoms with Gasteiger partial charge in [-0.05, 0) is 55.1 Å². The summed E-state index contributed by atoms with van der Waals surface area (Å²) in [5, 5.41) is 3.01. The van der Waals surface area contributed by atoms with Crippen LogP contribution in [0.4, 0.5) is 20.2 Å². The van der Waals surface area contributed by atoms with E-state index in [9.17, 15) is 8.78 Å². The zero-order valence-electron chi connectivity index (χ0n) is 11.0. The van der Waals surface area contributed by atoms with E-state index in [1.54, 1.807) is 18.2 Å². The molecule has 100 valence electrons. The zero-order chi connectivity index (χ0) is 13.8. The summed E-state index contributed by atoms with van der Waals surface area (Å²) in [6.07, 6.45) is 0. The molecule has 0 bridgehead atoms. The van der Waals surface area contributed by atoms with Gasteiger partial charge >= 0.3 is 0 Å². The number of hydrogen-bond acceptors (Lipinski definition) is 2. The number of benzene rings is 2. The SMILES string of the molecule is CNCc1cc(F)ccc1N(C)c1ccc(F)cc1. The highest BCUT2D eigenvalue weighted by atomic mass is 19.1. The number of nitrogens with one attached hydrogen (secondary N) is 1. The second-order valence-corrected chi connectivity index (χ2v) is 4.34. The van der Waals surface area contributed by atoms with E-state index >= 15 is 0 Å². The van der Waals surface area contributed by atoms with E-state index < -0.39 is 0 Å². The summed E-state index contributed by atoms with van der Waals surface area (Å²) in [7, 11) is 3.69. The first-order valence-corrected chi connectivity index (χ1v) is 6.04. The Morgan fingerprint density at radius 3 is 2.26 bits per heavy atom. The number of hydrogen-bond donors (Lipinski definition) is 1. The van der Waals surface area contributed by atoms with Crippen LogP contribution in [0, 0.1) is 11.6 Å². The molecule has 0 aromatic heterocycles. The highest BCUT2D eigenvalue weighted by molar-refractivity contribution is 5.65. The number of nitrogens with zero attached hydrogens (tertiary/aromatic N) is 1. The molecule has 1 N–H and O–H groups in total. The minimum atomic E-state index is -0.272. The lowest BCUT2D eigenvalue weighted by atomic mass is 10.1. The second-order valence-electron chi connectivity index (χ2n) is 4.34. The van der Waals surface area contributed by atoms with Crippen LogP contribution in [0.3, 0.4) is 0 Å². The Morgan fingerprint density at radius 1 is 1.00 bits per heavy atom. The van der Waals surface area contributed by atoms with Crippen LogP contribution in [-0.4, -0.2) is 14.1 Å². The lowest BCUT2D eigenvalue weighted by molar-refractivity contribution is 0.624. The first-order valence-electron chi connectivity index (χ1n) is 6.04. The van der Waals surface area contributed by atoms with Crippen molar-refractivity contribution in [2.45, 2.75) is 6.54 Å². The van der Waals surface area contributed by atoms with Crippen molar-refractivity contribution in [3.05, 3.63) is 59.7 Å². The van der Waals surface area contributed by atoms with Crippen molar-refractivity contribution in [3.63, 3.8) is 0 Å². The first kappa shape index (κ1) is 13.5. The summed E-state index contributed by atoms with van der Waals surface area (Å²) in [4.78, 5) is 1.91. The third-order valence-corrected chi connectivity index (χ3v) is 2.98. The van der Waals surface area contributed by atoms with Gasteiger partial charge in [0.2, 0.25) is 0 Å². The first-order chi connectivity index (χ1) is 9.11. The zero-order valence-corrected chi connectivity index (χ0v) is 11.0. The van der Waals surface area contributed by atoms with E-state index in [1.165, 1.54) is 24.3 Å². The second kappa shape index (κ2) is 5.80. The van der Waals surface area contributed by atoms with Gasteiger partial charge < -0.3 is 10.2 Å². The van der Waals surface area contributed by atoms with Gasteiger partial charge in [0.25, 0.3) is 0 Å². The molecule has 0 atom stereocenters. The topological polar surface area (TPSA) is 15.3 Å². The van der Waals surface area contributed by atoms with E-state index in [4.69, 9.17) is 0 Å². The monoisotopic (exact) mass is 262 g/mol. The molecule has 0 radical (unpaired) electrons. The minimum absolute atomic E-state index is 0.262. The highest BCUT2D eigenvalue weighted by Gasteiger charge is 2.10. The van der Waals surface area contributed by atoms with Crippen molar-refractivity contribution >= 4 is 11.4 Å². The Kier molecular flexibility index (Phi) is 4.12. The average Bonchev–Trinajstić information content (AvgIpc) is 2.39. The molecule has 0 saturated heterocycles.